The van der Waals surface area contributed by atoms with Crippen molar-refractivity contribution in [1.82, 2.24) is 9.97 Å². The van der Waals surface area contributed by atoms with E-state index >= 15 is 0 Å². The van der Waals surface area contributed by atoms with E-state index in [4.69, 9.17) is 10.5 Å². The third-order valence-electron chi connectivity index (χ3n) is 5.76. The van der Waals surface area contributed by atoms with E-state index in [2.05, 4.69) is 20.6 Å². The summed E-state index contributed by atoms with van der Waals surface area (Å²) in [6.07, 6.45) is 9.11. The molecule has 2 aliphatic rings. The van der Waals surface area contributed by atoms with E-state index in [0.29, 0.717) is 30.3 Å². The fraction of sp³-hybridized carbons (Fsp3) is 0.750. The number of nitrogens with two attached hydrogens (primary N) is 1. The molecular weight excluding hydrogens is 358 g/mol. The van der Waals surface area contributed by atoms with Crippen LogP contribution in [0.2, 0.25) is 0 Å². The van der Waals surface area contributed by atoms with E-state index in [1.54, 1.807) is 0 Å². The van der Waals surface area contributed by atoms with Crippen molar-refractivity contribution < 1.29 is 14.6 Å². The highest BCUT2D eigenvalue weighted by Crippen LogP contribution is 2.30. The monoisotopic (exact) mass is 391 g/mol. The van der Waals surface area contributed by atoms with Crippen LogP contribution in [0.5, 0.6) is 0 Å². The summed E-state index contributed by atoms with van der Waals surface area (Å²) < 4.78 is 5.70. The second-order valence-electron chi connectivity index (χ2n) is 8.33. The van der Waals surface area contributed by atoms with Crippen LogP contribution >= 0.6 is 0 Å². The van der Waals surface area contributed by atoms with Gasteiger partial charge in [-0.15, -0.1) is 0 Å². The van der Waals surface area contributed by atoms with Crippen LogP contribution in [0.1, 0.15) is 75.6 Å². The van der Waals surface area contributed by atoms with Crippen molar-refractivity contribution in [3.05, 3.63) is 11.8 Å². The predicted molar refractivity (Wildman–Crippen MR) is 108 cm³/mol. The molecule has 0 radical (unpaired) electrons. The Morgan fingerprint density at radius 2 is 2.04 bits per heavy atom. The van der Waals surface area contributed by atoms with Crippen LogP contribution in [0.15, 0.2) is 6.20 Å². The zero-order chi connectivity index (χ0) is 20.1. The molecule has 0 bridgehead atoms. The van der Waals surface area contributed by atoms with Crippen LogP contribution in [0.25, 0.3) is 0 Å². The normalized spacial score (nSPS) is 30.6. The number of anilines is 2. The zero-order valence-electron chi connectivity index (χ0n) is 16.9. The molecule has 8 heteroatoms. The van der Waals surface area contributed by atoms with Gasteiger partial charge in [-0.1, -0.05) is 0 Å². The second-order valence-corrected chi connectivity index (χ2v) is 8.33. The summed E-state index contributed by atoms with van der Waals surface area (Å²) >= 11 is 0. The van der Waals surface area contributed by atoms with Crippen molar-refractivity contribution in [1.29, 1.82) is 0 Å². The van der Waals surface area contributed by atoms with E-state index in [1.165, 1.54) is 6.20 Å². The number of aliphatic hydroxyl groups is 1. The Morgan fingerprint density at radius 3 is 2.68 bits per heavy atom. The molecule has 1 unspecified atom stereocenters. The first-order valence-corrected chi connectivity index (χ1v) is 10.4. The molecule has 0 saturated heterocycles. The SMILES string of the molecule is CCOC1CCC(Nc2ncc(C(N)=O)c(NC3CCC[C@](C)(O)C3)n2)CC1. The minimum Gasteiger partial charge on any atom is -0.390 e. The molecule has 2 saturated carbocycles. The van der Waals surface area contributed by atoms with E-state index in [-0.39, 0.29) is 11.6 Å². The summed E-state index contributed by atoms with van der Waals surface area (Å²) in [5, 5.41) is 17.0. The minimum atomic E-state index is -0.698. The molecule has 28 heavy (non-hydrogen) atoms. The molecule has 1 aromatic heterocycles. The Morgan fingerprint density at radius 1 is 1.29 bits per heavy atom. The molecule has 1 aromatic rings. The number of aromatic nitrogens is 2. The fourth-order valence-electron chi connectivity index (χ4n) is 4.31. The van der Waals surface area contributed by atoms with Crippen molar-refractivity contribution in [2.24, 2.45) is 5.73 Å². The van der Waals surface area contributed by atoms with Crippen LogP contribution in [-0.2, 0) is 4.74 Å². The van der Waals surface area contributed by atoms with Gasteiger partial charge in [-0.05, 0) is 65.2 Å². The van der Waals surface area contributed by atoms with Gasteiger partial charge in [0.2, 0.25) is 5.95 Å². The molecular formula is C20H33N5O3. The Balaban J connectivity index is 1.67. The summed E-state index contributed by atoms with van der Waals surface area (Å²) in [4.78, 5) is 20.6. The van der Waals surface area contributed by atoms with E-state index < -0.39 is 11.5 Å². The van der Waals surface area contributed by atoms with Gasteiger partial charge in [0.1, 0.15) is 5.82 Å². The maximum atomic E-state index is 11.8. The summed E-state index contributed by atoms with van der Waals surface area (Å²) in [5.74, 6) is 0.375. The van der Waals surface area contributed by atoms with E-state index in [9.17, 15) is 9.90 Å². The van der Waals surface area contributed by atoms with Crippen LogP contribution < -0.4 is 16.4 Å². The maximum Gasteiger partial charge on any atom is 0.254 e. The molecule has 1 amide bonds. The average molecular weight is 392 g/mol. The van der Waals surface area contributed by atoms with E-state index in [1.807, 2.05) is 13.8 Å². The standard InChI is InChI=1S/C20H33N5O3/c1-3-28-15-8-6-13(7-9-15)24-19-22-12-16(17(21)26)18(25-19)23-14-5-4-10-20(2,27)11-14/h12-15,27H,3-11H2,1-2H3,(H2,21,26)(H2,22,23,24,25)/t13?,14?,15?,20-/m0/s1. The van der Waals surface area contributed by atoms with Crippen molar-refractivity contribution >= 4 is 17.7 Å². The number of nitrogens with zero attached hydrogens (tertiary/aromatic N) is 2. The third-order valence-corrected chi connectivity index (χ3v) is 5.76. The molecule has 0 spiro atoms. The molecule has 1 heterocycles. The van der Waals surface area contributed by atoms with Gasteiger partial charge in [-0.25, -0.2) is 4.98 Å². The Labute approximate surface area is 166 Å². The Kier molecular flexibility index (Phi) is 6.72. The number of nitrogens with one attached hydrogen (secondary N) is 2. The maximum absolute atomic E-state index is 11.8. The lowest BCUT2D eigenvalue weighted by Gasteiger charge is -2.34. The number of hydrogen-bond donors (Lipinski definition) is 4. The molecule has 0 aromatic carbocycles. The summed E-state index contributed by atoms with van der Waals surface area (Å²) in [7, 11) is 0. The van der Waals surface area contributed by atoms with Crippen LogP contribution in [0.3, 0.4) is 0 Å². The number of hydrogen-bond acceptors (Lipinski definition) is 7. The second kappa shape index (κ2) is 9.05. The average Bonchev–Trinajstić information content (AvgIpc) is 2.63. The zero-order valence-corrected chi connectivity index (χ0v) is 16.9. The lowest BCUT2D eigenvalue weighted by Crippen LogP contribution is -2.38. The quantitative estimate of drug-likeness (QED) is 0.563. The summed E-state index contributed by atoms with van der Waals surface area (Å²) in [6.45, 7) is 4.63. The van der Waals surface area contributed by atoms with Gasteiger partial charge in [0.15, 0.2) is 0 Å². The summed E-state index contributed by atoms with van der Waals surface area (Å²) in [5.41, 5.74) is 5.08. The molecule has 2 atom stereocenters. The van der Waals surface area contributed by atoms with Gasteiger partial charge in [0.05, 0.1) is 17.3 Å². The van der Waals surface area contributed by atoms with Gasteiger partial charge in [0.25, 0.3) is 5.91 Å². The highest BCUT2D eigenvalue weighted by Gasteiger charge is 2.31. The first-order chi connectivity index (χ1) is 13.4. The Hall–Kier alpha value is -1.93. The Bertz CT molecular complexity index is 674. The highest BCUT2D eigenvalue weighted by molar-refractivity contribution is 5.97. The largest absolute Gasteiger partial charge is 0.390 e. The van der Waals surface area contributed by atoms with Gasteiger partial charge < -0.3 is 26.2 Å². The number of carbonyl (C=O) groups is 1. The molecule has 0 aliphatic heterocycles. The topological polar surface area (TPSA) is 122 Å². The molecule has 156 valence electrons. The minimum absolute atomic E-state index is 0.0474. The number of primary amides is 1. The smallest absolute Gasteiger partial charge is 0.254 e. The van der Waals surface area contributed by atoms with Crippen molar-refractivity contribution in [3.63, 3.8) is 0 Å². The molecule has 2 aliphatic carbocycles. The van der Waals surface area contributed by atoms with Crippen LogP contribution in [0, 0.1) is 0 Å². The van der Waals surface area contributed by atoms with Crippen molar-refractivity contribution in [2.45, 2.75) is 89.0 Å². The van der Waals surface area contributed by atoms with Crippen LogP contribution in [0.4, 0.5) is 11.8 Å². The molecule has 8 nitrogen and oxygen atoms in total. The number of carbonyl (C=O) groups excluding carboxylic acids is 1. The first kappa shape index (κ1) is 20.8. The number of ether oxygens (including phenoxy) is 1. The van der Waals surface area contributed by atoms with Crippen LogP contribution in [-0.4, -0.2) is 51.4 Å². The van der Waals surface area contributed by atoms with Crippen molar-refractivity contribution in [2.75, 3.05) is 17.2 Å². The molecule has 3 rings (SSSR count). The van der Waals surface area contributed by atoms with Gasteiger partial charge >= 0.3 is 0 Å². The highest BCUT2D eigenvalue weighted by atomic mass is 16.5. The van der Waals surface area contributed by atoms with Crippen molar-refractivity contribution in [3.8, 4) is 0 Å². The van der Waals surface area contributed by atoms with Gasteiger partial charge in [-0.3, -0.25) is 4.79 Å². The summed E-state index contributed by atoms with van der Waals surface area (Å²) in [6, 6.07) is 0.339. The van der Waals surface area contributed by atoms with Gasteiger partial charge in [-0.2, -0.15) is 4.98 Å². The lowest BCUT2D eigenvalue weighted by atomic mass is 9.83. The number of rotatable bonds is 7. The lowest BCUT2D eigenvalue weighted by molar-refractivity contribution is 0.0182. The first-order valence-electron chi connectivity index (χ1n) is 10.4. The van der Waals surface area contributed by atoms with E-state index in [0.717, 1.165) is 51.6 Å². The fourth-order valence-corrected chi connectivity index (χ4v) is 4.31. The molecule has 2 fully saturated rings. The van der Waals surface area contributed by atoms with Gasteiger partial charge in [0, 0.05) is 24.9 Å². The third kappa shape index (κ3) is 5.54. The number of amides is 1. The predicted octanol–water partition coefficient (Wildman–Crippen LogP) is 2.44. The molecule has 5 N–H and O–H groups in total.